The van der Waals surface area contributed by atoms with Gasteiger partial charge in [0.2, 0.25) is 0 Å². The zero-order valence-corrected chi connectivity index (χ0v) is 12.3. The van der Waals surface area contributed by atoms with Gasteiger partial charge in [0.15, 0.2) is 5.75 Å². The highest BCUT2D eigenvalue weighted by Gasteiger charge is 2.11. The van der Waals surface area contributed by atoms with Crippen molar-refractivity contribution in [3.63, 3.8) is 0 Å². The second-order valence-corrected chi connectivity index (χ2v) is 5.15. The lowest BCUT2D eigenvalue weighted by Gasteiger charge is -2.17. The molecule has 0 spiro atoms. The Morgan fingerprint density at radius 3 is 2.53 bits per heavy atom. The van der Waals surface area contributed by atoms with Gasteiger partial charge in [-0.25, -0.2) is 0 Å². The van der Waals surface area contributed by atoms with Crippen molar-refractivity contribution in [2.75, 3.05) is 19.8 Å². The third-order valence-corrected chi connectivity index (χ3v) is 3.20. The zero-order valence-electron chi connectivity index (χ0n) is 10.8. The van der Waals surface area contributed by atoms with Crippen molar-refractivity contribution in [3.8, 4) is 5.75 Å². The van der Waals surface area contributed by atoms with Gasteiger partial charge in [0, 0.05) is 19.2 Å². The highest BCUT2D eigenvalue weighted by molar-refractivity contribution is 6.37. The Morgan fingerprint density at radius 2 is 1.95 bits per heavy atom. The monoisotopic (exact) mass is 307 g/mol. The van der Waals surface area contributed by atoms with Crippen LogP contribution in [0.2, 0.25) is 10.0 Å². The van der Waals surface area contributed by atoms with Gasteiger partial charge in [0.05, 0.1) is 10.0 Å². The van der Waals surface area contributed by atoms with Crippen molar-refractivity contribution >= 4 is 23.2 Å². The van der Waals surface area contributed by atoms with Gasteiger partial charge in [-0.1, -0.05) is 29.3 Å². The second-order valence-electron chi connectivity index (χ2n) is 4.34. The van der Waals surface area contributed by atoms with Crippen LogP contribution < -0.4 is 10.1 Å². The van der Waals surface area contributed by atoms with E-state index in [0.29, 0.717) is 28.8 Å². The number of halogens is 2. The van der Waals surface area contributed by atoms with Crippen LogP contribution in [0.15, 0.2) is 18.2 Å². The average Bonchev–Trinajstić information content (AvgIpc) is 2.36. The number of para-hydroxylation sites is 1. The molecule has 0 aliphatic carbocycles. The van der Waals surface area contributed by atoms with E-state index in [-0.39, 0.29) is 19.3 Å². The van der Waals surface area contributed by atoms with Gasteiger partial charge >= 0.3 is 0 Å². The first-order valence-corrected chi connectivity index (χ1v) is 6.89. The number of rotatable bonds is 8. The van der Waals surface area contributed by atoms with Crippen LogP contribution in [0.4, 0.5) is 0 Å². The molecule has 2 atom stereocenters. The molecule has 0 aliphatic heterocycles. The van der Waals surface area contributed by atoms with Crippen molar-refractivity contribution in [2.24, 2.45) is 0 Å². The fourth-order valence-electron chi connectivity index (χ4n) is 1.49. The van der Waals surface area contributed by atoms with Crippen LogP contribution in [-0.4, -0.2) is 42.1 Å². The summed E-state index contributed by atoms with van der Waals surface area (Å²) in [4.78, 5) is 0. The van der Waals surface area contributed by atoms with Gasteiger partial charge in [-0.15, -0.1) is 0 Å². The van der Waals surface area contributed by atoms with Gasteiger partial charge in [0.25, 0.3) is 0 Å². The topological polar surface area (TPSA) is 61.7 Å². The predicted molar refractivity (Wildman–Crippen MR) is 77.1 cm³/mol. The Labute approximate surface area is 123 Å². The second kappa shape index (κ2) is 8.61. The molecule has 0 aromatic heterocycles. The molecule has 0 heterocycles. The molecule has 0 saturated carbocycles. The molecule has 19 heavy (non-hydrogen) atoms. The van der Waals surface area contributed by atoms with E-state index in [1.54, 1.807) is 18.2 Å². The van der Waals surface area contributed by atoms with Crippen LogP contribution in [-0.2, 0) is 0 Å². The minimum atomic E-state index is -0.673. The molecule has 108 valence electrons. The largest absolute Gasteiger partial charge is 0.488 e. The third kappa shape index (κ3) is 5.97. The number of benzene rings is 1. The average molecular weight is 308 g/mol. The summed E-state index contributed by atoms with van der Waals surface area (Å²) in [5, 5.41) is 22.5. The Balaban J connectivity index is 2.36. The summed E-state index contributed by atoms with van der Waals surface area (Å²) in [6, 6.07) is 5.23. The molecule has 1 aromatic carbocycles. The first-order valence-electron chi connectivity index (χ1n) is 6.13. The van der Waals surface area contributed by atoms with Crippen LogP contribution in [0.1, 0.15) is 13.3 Å². The first kappa shape index (κ1) is 16.5. The summed E-state index contributed by atoms with van der Waals surface area (Å²) in [5.74, 6) is 0.383. The quantitative estimate of drug-likeness (QED) is 0.688. The lowest BCUT2D eigenvalue weighted by Crippen LogP contribution is -2.37. The van der Waals surface area contributed by atoms with Crippen LogP contribution in [0.3, 0.4) is 0 Å². The van der Waals surface area contributed by atoms with E-state index in [0.717, 1.165) is 0 Å². The molecular formula is C13H19Cl2NO3. The number of nitrogens with one attached hydrogen (secondary N) is 1. The Kier molecular flexibility index (Phi) is 7.49. The Hall–Kier alpha value is -0.520. The number of aliphatic hydroxyl groups is 2. The van der Waals surface area contributed by atoms with Gasteiger partial charge in [-0.2, -0.15) is 0 Å². The van der Waals surface area contributed by atoms with Crippen molar-refractivity contribution in [3.05, 3.63) is 28.2 Å². The molecule has 6 heteroatoms. The van der Waals surface area contributed by atoms with E-state index in [9.17, 15) is 5.11 Å². The summed E-state index contributed by atoms with van der Waals surface area (Å²) < 4.78 is 5.42. The molecule has 1 aromatic rings. The molecule has 0 saturated heterocycles. The van der Waals surface area contributed by atoms with E-state index < -0.39 is 6.10 Å². The molecule has 3 N–H and O–H groups in total. The Bertz CT molecular complexity index is 370. The van der Waals surface area contributed by atoms with E-state index in [1.165, 1.54) is 0 Å². The molecule has 0 radical (unpaired) electrons. The molecule has 0 amide bonds. The minimum Gasteiger partial charge on any atom is -0.488 e. The van der Waals surface area contributed by atoms with Gasteiger partial charge < -0.3 is 20.3 Å². The maximum absolute atomic E-state index is 9.77. The summed E-state index contributed by atoms with van der Waals surface area (Å²) >= 11 is 11.9. The lowest BCUT2D eigenvalue weighted by molar-refractivity contribution is 0.103. The zero-order chi connectivity index (χ0) is 14.3. The summed E-state index contributed by atoms with van der Waals surface area (Å²) in [6.07, 6.45) is -0.0299. The van der Waals surface area contributed by atoms with Gasteiger partial charge in [-0.3, -0.25) is 0 Å². The summed E-state index contributed by atoms with van der Waals surface area (Å²) in [6.45, 7) is 2.54. The fraction of sp³-hybridized carbons (Fsp3) is 0.538. The van der Waals surface area contributed by atoms with E-state index in [2.05, 4.69) is 5.32 Å². The molecule has 0 fully saturated rings. The van der Waals surface area contributed by atoms with Crippen LogP contribution in [0, 0.1) is 0 Å². The molecule has 2 unspecified atom stereocenters. The van der Waals surface area contributed by atoms with Gasteiger partial charge in [-0.05, 0) is 25.5 Å². The summed E-state index contributed by atoms with van der Waals surface area (Å²) in [5.41, 5.74) is 0. The fourth-order valence-corrected chi connectivity index (χ4v) is 2.00. The van der Waals surface area contributed by atoms with Crippen molar-refractivity contribution in [1.29, 1.82) is 0 Å². The lowest BCUT2D eigenvalue weighted by atomic mass is 10.2. The van der Waals surface area contributed by atoms with E-state index >= 15 is 0 Å². The normalized spacial score (nSPS) is 14.2. The first-order chi connectivity index (χ1) is 9.04. The maximum atomic E-state index is 9.77. The number of ether oxygens (including phenoxy) is 1. The van der Waals surface area contributed by atoms with Crippen LogP contribution >= 0.6 is 23.2 Å². The van der Waals surface area contributed by atoms with Crippen molar-refractivity contribution < 1.29 is 14.9 Å². The van der Waals surface area contributed by atoms with E-state index in [1.807, 2.05) is 6.92 Å². The standard InChI is InChI=1S/C13H19Cl2NO3/c1-9(5-6-17)16-7-10(18)8-19-13-11(14)3-2-4-12(13)15/h2-4,9-10,16-18H,5-8H2,1H3. The molecular weight excluding hydrogens is 289 g/mol. The third-order valence-electron chi connectivity index (χ3n) is 2.60. The molecule has 4 nitrogen and oxygen atoms in total. The highest BCUT2D eigenvalue weighted by atomic mass is 35.5. The van der Waals surface area contributed by atoms with Crippen LogP contribution in [0.5, 0.6) is 5.75 Å². The summed E-state index contributed by atoms with van der Waals surface area (Å²) in [7, 11) is 0. The molecule has 1 rings (SSSR count). The highest BCUT2D eigenvalue weighted by Crippen LogP contribution is 2.32. The van der Waals surface area contributed by atoms with Crippen molar-refractivity contribution in [1.82, 2.24) is 5.32 Å². The molecule has 0 bridgehead atoms. The number of aliphatic hydroxyl groups excluding tert-OH is 2. The minimum absolute atomic E-state index is 0.0995. The predicted octanol–water partition coefficient (Wildman–Crippen LogP) is 2.09. The maximum Gasteiger partial charge on any atom is 0.156 e. The Morgan fingerprint density at radius 1 is 1.32 bits per heavy atom. The van der Waals surface area contributed by atoms with Gasteiger partial charge in [0.1, 0.15) is 12.7 Å². The van der Waals surface area contributed by atoms with Crippen molar-refractivity contribution in [2.45, 2.75) is 25.5 Å². The smallest absolute Gasteiger partial charge is 0.156 e. The van der Waals surface area contributed by atoms with Crippen LogP contribution in [0.25, 0.3) is 0 Å². The number of hydrogen-bond acceptors (Lipinski definition) is 4. The SMILES string of the molecule is CC(CCO)NCC(O)COc1c(Cl)cccc1Cl. The number of hydrogen-bond donors (Lipinski definition) is 3. The van der Waals surface area contributed by atoms with E-state index in [4.69, 9.17) is 33.0 Å². The molecule has 0 aliphatic rings.